The van der Waals surface area contributed by atoms with Crippen molar-refractivity contribution in [1.29, 1.82) is 0 Å². The molecule has 0 saturated carbocycles. The number of hydrogen-bond acceptors (Lipinski definition) is 3. The van der Waals surface area contributed by atoms with Crippen LogP contribution in [0.1, 0.15) is 40.2 Å². The summed E-state index contributed by atoms with van der Waals surface area (Å²) in [5.41, 5.74) is -0.509. The second-order valence-electron chi connectivity index (χ2n) is 4.74. The summed E-state index contributed by atoms with van der Waals surface area (Å²) in [6.07, 6.45) is 7.11. The number of aliphatic imine (C=N–C) groups is 1. The van der Waals surface area contributed by atoms with Crippen LogP contribution in [0, 0.1) is 0 Å². The molecule has 1 rings (SSSR count). The molecule has 1 aromatic heterocycles. The number of carbonyl (C=O) groups is 1. The molecule has 1 heterocycles. The Morgan fingerprint density at radius 3 is 2.76 bits per heavy atom. The normalized spacial score (nSPS) is 13.9. The van der Waals surface area contributed by atoms with Crippen LogP contribution in [-0.4, -0.2) is 27.5 Å². The fourth-order valence-electron chi connectivity index (χ4n) is 1.29. The number of ether oxygens (including phenoxy) is 1. The molecule has 94 valence electrons. The van der Waals surface area contributed by atoms with E-state index in [-0.39, 0.29) is 6.04 Å². The maximum Gasteiger partial charge on any atom is 0.433 e. The number of rotatable bonds is 3. The highest BCUT2D eigenvalue weighted by molar-refractivity contribution is 5.81. The quantitative estimate of drug-likeness (QED) is 0.759. The van der Waals surface area contributed by atoms with E-state index in [0.717, 1.165) is 6.42 Å². The van der Waals surface area contributed by atoms with Crippen molar-refractivity contribution in [3.05, 3.63) is 18.7 Å². The third kappa shape index (κ3) is 4.80. The van der Waals surface area contributed by atoms with Crippen molar-refractivity contribution in [3.8, 4) is 0 Å². The Hall–Kier alpha value is -1.65. The number of nitrogens with zero attached hydrogens (tertiary/aromatic N) is 3. The Bertz CT molecular complexity index is 377. The molecule has 0 spiro atoms. The van der Waals surface area contributed by atoms with E-state index in [2.05, 4.69) is 9.98 Å². The van der Waals surface area contributed by atoms with Gasteiger partial charge in [0.05, 0.1) is 12.4 Å². The lowest BCUT2D eigenvalue weighted by atomic mass is 10.2. The van der Waals surface area contributed by atoms with Crippen LogP contribution >= 0.6 is 0 Å². The molecule has 17 heavy (non-hydrogen) atoms. The van der Waals surface area contributed by atoms with E-state index in [4.69, 9.17) is 4.74 Å². The van der Waals surface area contributed by atoms with Gasteiger partial charge in [-0.2, -0.15) is 4.99 Å². The smallest absolute Gasteiger partial charge is 0.433 e. The first kappa shape index (κ1) is 13.4. The zero-order valence-corrected chi connectivity index (χ0v) is 10.8. The van der Waals surface area contributed by atoms with Gasteiger partial charge in [-0.25, -0.2) is 9.78 Å². The van der Waals surface area contributed by atoms with E-state index in [1.165, 1.54) is 0 Å². The maximum absolute atomic E-state index is 11.4. The van der Waals surface area contributed by atoms with Gasteiger partial charge in [-0.3, -0.25) is 0 Å². The Kier molecular flexibility index (Phi) is 4.43. The number of carbonyl (C=O) groups excluding carboxylic acids is 1. The lowest BCUT2D eigenvalue weighted by Crippen LogP contribution is -2.22. The van der Waals surface area contributed by atoms with E-state index < -0.39 is 11.7 Å². The van der Waals surface area contributed by atoms with Crippen LogP contribution in [0.5, 0.6) is 0 Å². The zero-order chi connectivity index (χ0) is 12.9. The molecule has 1 amide bonds. The summed E-state index contributed by atoms with van der Waals surface area (Å²) in [7, 11) is 0. The first-order valence-corrected chi connectivity index (χ1v) is 5.67. The van der Waals surface area contributed by atoms with Gasteiger partial charge >= 0.3 is 6.09 Å². The number of aromatic nitrogens is 2. The van der Waals surface area contributed by atoms with Crippen LogP contribution in [0.25, 0.3) is 0 Å². The second-order valence-corrected chi connectivity index (χ2v) is 4.74. The first-order valence-electron chi connectivity index (χ1n) is 5.67. The zero-order valence-electron chi connectivity index (χ0n) is 10.8. The van der Waals surface area contributed by atoms with Gasteiger partial charge in [0.2, 0.25) is 0 Å². The molecular weight excluding hydrogens is 218 g/mol. The lowest BCUT2D eigenvalue weighted by molar-refractivity contribution is 0.0604. The average molecular weight is 237 g/mol. The fourth-order valence-corrected chi connectivity index (χ4v) is 1.29. The molecule has 1 aromatic rings. The van der Waals surface area contributed by atoms with Gasteiger partial charge in [-0.1, -0.05) is 6.92 Å². The highest BCUT2D eigenvalue weighted by Crippen LogP contribution is 2.10. The molecule has 0 radical (unpaired) electrons. The Morgan fingerprint density at radius 2 is 2.29 bits per heavy atom. The summed E-state index contributed by atoms with van der Waals surface area (Å²) in [6.45, 7) is 7.46. The first-order chi connectivity index (χ1) is 7.92. The van der Waals surface area contributed by atoms with E-state index in [0.29, 0.717) is 0 Å². The Labute approximate surface area is 102 Å². The molecule has 0 bridgehead atoms. The van der Waals surface area contributed by atoms with Crippen molar-refractivity contribution < 1.29 is 9.53 Å². The summed E-state index contributed by atoms with van der Waals surface area (Å²) < 4.78 is 6.98. The fraction of sp³-hybridized carbons (Fsp3) is 0.583. The molecule has 0 fully saturated rings. The van der Waals surface area contributed by atoms with E-state index in [1.54, 1.807) is 18.7 Å². The molecule has 0 saturated heterocycles. The molecule has 5 nitrogen and oxygen atoms in total. The SMILES string of the molecule is CC[C@@H](C=NC(=O)OC(C)(C)C)n1ccnc1. The Balaban J connectivity index is 2.60. The van der Waals surface area contributed by atoms with Gasteiger partial charge in [0.25, 0.3) is 0 Å². The molecule has 0 aliphatic heterocycles. The topological polar surface area (TPSA) is 56.5 Å². The van der Waals surface area contributed by atoms with Gasteiger partial charge in [0.1, 0.15) is 5.60 Å². The summed E-state index contributed by atoms with van der Waals surface area (Å²) in [6, 6.07) is 0.0324. The van der Waals surface area contributed by atoms with E-state index in [9.17, 15) is 4.79 Å². The minimum Gasteiger partial charge on any atom is -0.442 e. The minimum absolute atomic E-state index is 0.0324. The highest BCUT2D eigenvalue weighted by Gasteiger charge is 2.15. The molecule has 0 N–H and O–H groups in total. The molecule has 0 unspecified atom stereocenters. The van der Waals surface area contributed by atoms with E-state index in [1.807, 2.05) is 38.5 Å². The van der Waals surface area contributed by atoms with Crippen LogP contribution in [0.15, 0.2) is 23.7 Å². The minimum atomic E-state index is -0.559. The van der Waals surface area contributed by atoms with Crippen molar-refractivity contribution in [2.75, 3.05) is 0 Å². The van der Waals surface area contributed by atoms with Crippen molar-refractivity contribution in [2.24, 2.45) is 4.99 Å². The number of hydrogen-bond donors (Lipinski definition) is 0. The molecule has 0 aliphatic rings. The largest absolute Gasteiger partial charge is 0.442 e. The molecule has 5 heteroatoms. The predicted octanol–water partition coefficient (Wildman–Crippen LogP) is 2.84. The van der Waals surface area contributed by atoms with Crippen LogP contribution < -0.4 is 0 Å². The van der Waals surface area contributed by atoms with Crippen LogP contribution in [0.2, 0.25) is 0 Å². The Morgan fingerprint density at radius 1 is 1.59 bits per heavy atom. The number of amides is 1. The van der Waals surface area contributed by atoms with Crippen LogP contribution in [0.3, 0.4) is 0 Å². The van der Waals surface area contributed by atoms with Crippen molar-refractivity contribution in [1.82, 2.24) is 9.55 Å². The molecule has 0 aliphatic carbocycles. The highest BCUT2D eigenvalue weighted by atomic mass is 16.6. The maximum atomic E-state index is 11.4. The number of imidazole rings is 1. The van der Waals surface area contributed by atoms with Crippen molar-refractivity contribution >= 4 is 12.3 Å². The third-order valence-electron chi connectivity index (χ3n) is 2.07. The molecular formula is C12H19N3O2. The van der Waals surface area contributed by atoms with Gasteiger partial charge in [0.15, 0.2) is 0 Å². The monoisotopic (exact) mass is 237 g/mol. The van der Waals surface area contributed by atoms with Gasteiger partial charge in [-0.15, -0.1) is 0 Å². The third-order valence-corrected chi connectivity index (χ3v) is 2.07. The predicted molar refractivity (Wildman–Crippen MR) is 66.3 cm³/mol. The van der Waals surface area contributed by atoms with Crippen LogP contribution in [-0.2, 0) is 4.74 Å². The van der Waals surface area contributed by atoms with Crippen molar-refractivity contribution in [3.63, 3.8) is 0 Å². The summed E-state index contributed by atoms with van der Waals surface area (Å²) in [4.78, 5) is 19.2. The molecule has 1 atom stereocenters. The summed E-state index contributed by atoms with van der Waals surface area (Å²) in [5.74, 6) is 0. The van der Waals surface area contributed by atoms with Crippen molar-refractivity contribution in [2.45, 2.75) is 45.8 Å². The van der Waals surface area contributed by atoms with Gasteiger partial charge in [-0.05, 0) is 27.2 Å². The second kappa shape index (κ2) is 5.61. The van der Waals surface area contributed by atoms with Gasteiger partial charge in [0, 0.05) is 18.6 Å². The lowest BCUT2D eigenvalue weighted by Gasteiger charge is -2.17. The van der Waals surface area contributed by atoms with Gasteiger partial charge < -0.3 is 9.30 Å². The average Bonchev–Trinajstić information content (AvgIpc) is 2.69. The molecule has 0 aromatic carbocycles. The summed E-state index contributed by atoms with van der Waals surface area (Å²) >= 11 is 0. The van der Waals surface area contributed by atoms with Crippen LogP contribution in [0.4, 0.5) is 4.79 Å². The standard InChI is InChI=1S/C12H19N3O2/c1-5-10(15-7-6-13-9-15)8-14-11(16)17-12(2,3)4/h6-10H,5H2,1-4H3/t10-/m0/s1. The summed E-state index contributed by atoms with van der Waals surface area (Å²) in [5, 5.41) is 0. The van der Waals surface area contributed by atoms with E-state index >= 15 is 0 Å².